The predicted octanol–water partition coefficient (Wildman–Crippen LogP) is 0.695. The number of benzene rings is 1. The summed E-state index contributed by atoms with van der Waals surface area (Å²) >= 11 is 0. The third-order valence-electron chi connectivity index (χ3n) is 3.52. The highest BCUT2D eigenvalue weighted by Gasteiger charge is 2.29. The van der Waals surface area contributed by atoms with E-state index in [9.17, 15) is 9.90 Å². The molecule has 1 fully saturated rings. The summed E-state index contributed by atoms with van der Waals surface area (Å²) < 4.78 is 10.6. The number of carbonyl (C=O) groups is 1. The van der Waals surface area contributed by atoms with E-state index < -0.39 is 5.60 Å². The molecule has 1 aliphatic heterocycles. The summed E-state index contributed by atoms with van der Waals surface area (Å²) in [5.74, 6) is 0.547. The molecule has 21 heavy (non-hydrogen) atoms. The van der Waals surface area contributed by atoms with Gasteiger partial charge >= 0.3 is 0 Å². The molecule has 0 saturated carbocycles. The quantitative estimate of drug-likeness (QED) is 0.671. The van der Waals surface area contributed by atoms with Gasteiger partial charge in [0.05, 0.1) is 18.6 Å². The van der Waals surface area contributed by atoms with Crippen molar-refractivity contribution in [1.29, 1.82) is 0 Å². The van der Waals surface area contributed by atoms with E-state index in [0.717, 1.165) is 0 Å². The van der Waals surface area contributed by atoms with E-state index in [0.29, 0.717) is 37.5 Å². The van der Waals surface area contributed by atoms with Gasteiger partial charge in [-0.2, -0.15) is 0 Å². The Morgan fingerprint density at radius 2 is 2.00 bits per heavy atom. The largest absolute Gasteiger partial charge is 0.493 e. The number of hydrogen-bond acceptors (Lipinski definition) is 5. The maximum absolute atomic E-state index is 11.7. The molecule has 1 aromatic rings. The molecular formula is C15H22N2O4. The fourth-order valence-electron chi connectivity index (χ4n) is 2.11. The van der Waals surface area contributed by atoms with Crippen molar-refractivity contribution in [3.8, 4) is 5.75 Å². The zero-order chi connectivity index (χ0) is 15.1. The van der Waals surface area contributed by atoms with Gasteiger partial charge in [-0.1, -0.05) is 0 Å². The van der Waals surface area contributed by atoms with E-state index in [1.165, 1.54) is 0 Å². The summed E-state index contributed by atoms with van der Waals surface area (Å²) in [6.45, 7) is 1.62. The number of aliphatic hydroxyl groups is 1. The lowest BCUT2D eigenvalue weighted by Crippen LogP contribution is -2.46. The van der Waals surface area contributed by atoms with Crippen LogP contribution in [0.1, 0.15) is 19.3 Å². The SMILES string of the molecule is Nc1ccc(OCCC(=O)NCC2(O)CCOCC2)cc1. The van der Waals surface area contributed by atoms with Crippen LogP contribution in [0, 0.1) is 0 Å². The maximum atomic E-state index is 11.7. The molecule has 1 aromatic carbocycles. The van der Waals surface area contributed by atoms with E-state index in [4.69, 9.17) is 15.2 Å². The van der Waals surface area contributed by atoms with Gasteiger partial charge in [0.1, 0.15) is 5.75 Å². The van der Waals surface area contributed by atoms with Gasteiger partial charge in [0.25, 0.3) is 0 Å². The lowest BCUT2D eigenvalue weighted by atomic mass is 9.94. The Bertz CT molecular complexity index is 455. The molecule has 6 heteroatoms. The average Bonchev–Trinajstić information content (AvgIpc) is 2.48. The second-order valence-corrected chi connectivity index (χ2v) is 5.28. The monoisotopic (exact) mass is 294 g/mol. The predicted molar refractivity (Wildman–Crippen MR) is 79.0 cm³/mol. The summed E-state index contributed by atoms with van der Waals surface area (Å²) in [6.07, 6.45) is 1.35. The van der Waals surface area contributed by atoms with Crippen LogP contribution in [0.25, 0.3) is 0 Å². The van der Waals surface area contributed by atoms with E-state index in [-0.39, 0.29) is 25.5 Å². The zero-order valence-electron chi connectivity index (χ0n) is 12.0. The van der Waals surface area contributed by atoms with Gasteiger partial charge in [-0.05, 0) is 24.3 Å². The van der Waals surface area contributed by atoms with Crippen LogP contribution in [0.4, 0.5) is 5.69 Å². The van der Waals surface area contributed by atoms with Gasteiger partial charge in [0.2, 0.25) is 5.91 Å². The van der Waals surface area contributed by atoms with Crippen LogP contribution in [0.2, 0.25) is 0 Å². The minimum atomic E-state index is -0.842. The normalized spacial score (nSPS) is 17.2. The molecule has 0 spiro atoms. The number of hydrogen-bond donors (Lipinski definition) is 3. The standard InChI is InChI=1S/C15H22N2O4/c16-12-1-3-13(4-2-12)21-8-5-14(18)17-11-15(19)6-9-20-10-7-15/h1-4,19H,5-11,16H2,(H,17,18). The first-order valence-corrected chi connectivity index (χ1v) is 7.13. The third-order valence-corrected chi connectivity index (χ3v) is 3.52. The Hall–Kier alpha value is -1.79. The lowest BCUT2D eigenvalue weighted by molar-refractivity contribution is -0.124. The summed E-state index contributed by atoms with van der Waals surface area (Å²) in [5.41, 5.74) is 5.40. The van der Waals surface area contributed by atoms with Crippen LogP contribution in [0.15, 0.2) is 24.3 Å². The van der Waals surface area contributed by atoms with E-state index in [1.54, 1.807) is 24.3 Å². The molecule has 0 atom stereocenters. The number of rotatable bonds is 6. The van der Waals surface area contributed by atoms with Gasteiger partial charge in [-0.25, -0.2) is 0 Å². The number of carbonyl (C=O) groups excluding carboxylic acids is 1. The van der Waals surface area contributed by atoms with Gasteiger partial charge in [-0.3, -0.25) is 4.79 Å². The highest BCUT2D eigenvalue weighted by atomic mass is 16.5. The number of nitrogens with two attached hydrogens (primary N) is 1. The number of nitrogen functional groups attached to an aromatic ring is 1. The molecule has 1 saturated heterocycles. The number of ether oxygens (including phenoxy) is 2. The van der Waals surface area contributed by atoms with Gasteiger partial charge < -0.3 is 25.6 Å². The minimum absolute atomic E-state index is 0.134. The Kier molecular flexibility index (Phi) is 5.41. The van der Waals surface area contributed by atoms with Gasteiger partial charge in [0.15, 0.2) is 0 Å². The zero-order valence-corrected chi connectivity index (χ0v) is 12.0. The van der Waals surface area contributed by atoms with Gasteiger partial charge in [-0.15, -0.1) is 0 Å². The Morgan fingerprint density at radius 3 is 2.67 bits per heavy atom. The summed E-state index contributed by atoms with van der Waals surface area (Å²) in [4.78, 5) is 11.7. The van der Waals surface area contributed by atoms with Crippen LogP contribution in [-0.4, -0.2) is 43.0 Å². The van der Waals surface area contributed by atoms with Crippen molar-refractivity contribution in [3.63, 3.8) is 0 Å². The fourth-order valence-corrected chi connectivity index (χ4v) is 2.11. The van der Waals surface area contributed by atoms with Crippen molar-refractivity contribution >= 4 is 11.6 Å². The van der Waals surface area contributed by atoms with Crippen molar-refractivity contribution in [2.45, 2.75) is 24.9 Å². The molecule has 116 valence electrons. The first kappa shape index (κ1) is 15.6. The fraction of sp³-hybridized carbons (Fsp3) is 0.533. The van der Waals surface area contributed by atoms with Crippen LogP contribution >= 0.6 is 0 Å². The third kappa shape index (κ3) is 5.24. The van der Waals surface area contributed by atoms with E-state index in [1.807, 2.05) is 0 Å². The molecule has 2 rings (SSSR count). The van der Waals surface area contributed by atoms with Gasteiger partial charge in [0, 0.05) is 38.3 Å². The van der Waals surface area contributed by atoms with Crippen LogP contribution in [0.5, 0.6) is 5.75 Å². The van der Waals surface area contributed by atoms with E-state index >= 15 is 0 Å². The number of nitrogens with one attached hydrogen (secondary N) is 1. The number of amides is 1. The molecule has 6 nitrogen and oxygen atoms in total. The Balaban J connectivity index is 1.64. The van der Waals surface area contributed by atoms with Crippen molar-refractivity contribution in [1.82, 2.24) is 5.32 Å². The highest BCUT2D eigenvalue weighted by molar-refractivity contribution is 5.76. The first-order valence-electron chi connectivity index (χ1n) is 7.13. The topological polar surface area (TPSA) is 93.8 Å². The molecule has 0 aliphatic carbocycles. The second-order valence-electron chi connectivity index (χ2n) is 5.28. The molecular weight excluding hydrogens is 272 g/mol. The Labute approximate surface area is 124 Å². The van der Waals surface area contributed by atoms with Crippen molar-refractivity contribution < 1.29 is 19.4 Å². The molecule has 0 aromatic heterocycles. The molecule has 0 bridgehead atoms. The average molecular weight is 294 g/mol. The van der Waals surface area contributed by atoms with Crippen LogP contribution < -0.4 is 15.8 Å². The summed E-state index contributed by atoms with van der Waals surface area (Å²) in [7, 11) is 0. The molecule has 0 radical (unpaired) electrons. The van der Waals surface area contributed by atoms with Crippen molar-refractivity contribution in [3.05, 3.63) is 24.3 Å². The van der Waals surface area contributed by atoms with Crippen LogP contribution in [0.3, 0.4) is 0 Å². The molecule has 1 aliphatic rings. The highest BCUT2D eigenvalue weighted by Crippen LogP contribution is 2.19. The first-order chi connectivity index (χ1) is 10.1. The Morgan fingerprint density at radius 1 is 1.33 bits per heavy atom. The van der Waals surface area contributed by atoms with Crippen molar-refractivity contribution in [2.75, 3.05) is 32.1 Å². The minimum Gasteiger partial charge on any atom is -0.493 e. The lowest BCUT2D eigenvalue weighted by Gasteiger charge is -2.32. The maximum Gasteiger partial charge on any atom is 0.223 e. The molecule has 1 amide bonds. The number of anilines is 1. The molecule has 4 N–H and O–H groups in total. The van der Waals surface area contributed by atoms with Crippen LogP contribution in [-0.2, 0) is 9.53 Å². The van der Waals surface area contributed by atoms with Crippen molar-refractivity contribution in [2.24, 2.45) is 0 Å². The summed E-state index contributed by atoms with van der Waals surface area (Å²) in [5, 5.41) is 13.0. The second kappa shape index (κ2) is 7.28. The molecule has 0 unspecified atom stereocenters. The summed E-state index contributed by atoms with van der Waals surface area (Å²) in [6, 6.07) is 7.02. The smallest absolute Gasteiger partial charge is 0.223 e. The molecule has 1 heterocycles. The van der Waals surface area contributed by atoms with E-state index in [2.05, 4.69) is 5.32 Å².